The zero-order valence-corrected chi connectivity index (χ0v) is 15.1. The standard InChI is InChI=1S/C17H19ClN2O4.ClH/c18-12-3-4-16(24-10-13-2-1-5-22-13)15(7-12)20-17(21)11-6-14(8-19)23-9-11;/h3-4,6-7,9,13H,1-2,5,8,10,19H2,(H,20,21);1H. The number of nitrogens with two attached hydrogens (primary N) is 1. The number of ether oxygens (including phenoxy) is 2. The minimum atomic E-state index is -0.317. The molecule has 25 heavy (non-hydrogen) atoms. The van der Waals surface area contributed by atoms with E-state index in [2.05, 4.69) is 5.32 Å². The SMILES string of the molecule is Cl.NCc1cc(C(=O)Nc2cc(Cl)ccc2OCC2CCCO2)co1. The molecule has 2 heterocycles. The highest BCUT2D eigenvalue weighted by atomic mass is 35.5. The second kappa shape index (κ2) is 9.10. The number of nitrogens with one attached hydrogen (secondary N) is 1. The van der Waals surface area contributed by atoms with E-state index in [0.29, 0.717) is 34.4 Å². The van der Waals surface area contributed by atoms with Crippen molar-refractivity contribution < 1.29 is 18.7 Å². The van der Waals surface area contributed by atoms with Gasteiger partial charge in [-0.3, -0.25) is 4.79 Å². The Morgan fingerprint density at radius 2 is 2.24 bits per heavy atom. The summed E-state index contributed by atoms with van der Waals surface area (Å²) in [5.74, 6) is 0.773. The van der Waals surface area contributed by atoms with Gasteiger partial charge in [-0.1, -0.05) is 11.6 Å². The molecular weight excluding hydrogens is 367 g/mol. The van der Waals surface area contributed by atoms with Gasteiger partial charge in [0.05, 0.1) is 23.9 Å². The van der Waals surface area contributed by atoms with Crippen LogP contribution in [0.4, 0.5) is 5.69 Å². The Labute approximate surface area is 157 Å². The lowest BCUT2D eigenvalue weighted by molar-refractivity contribution is 0.0682. The van der Waals surface area contributed by atoms with Crippen LogP contribution in [0, 0.1) is 0 Å². The van der Waals surface area contributed by atoms with Crippen LogP contribution < -0.4 is 15.8 Å². The van der Waals surface area contributed by atoms with Crippen molar-refractivity contribution in [3.63, 3.8) is 0 Å². The van der Waals surface area contributed by atoms with Crippen molar-refractivity contribution in [3.05, 3.63) is 46.9 Å². The van der Waals surface area contributed by atoms with Gasteiger partial charge in [0.15, 0.2) is 0 Å². The summed E-state index contributed by atoms with van der Waals surface area (Å²) in [7, 11) is 0. The third-order valence-corrected chi connectivity index (χ3v) is 3.99. The van der Waals surface area contributed by atoms with Crippen molar-refractivity contribution in [2.24, 2.45) is 5.73 Å². The van der Waals surface area contributed by atoms with Crippen LogP contribution in [-0.4, -0.2) is 25.2 Å². The number of anilines is 1. The fraction of sp³-hybridized carbons (Fsp3) is 0.353. The number of amides is 1. The van der Waals surface area contributed by atoms with Crippen LogP contribution in [0.3, 0.4) is 0 Å². The molecule has 1 aromatic heterocycles. The molecule has 1 fully saturated rings. The Bertz CT molecular complexity index is 714. The van der Waals surface area contributed by atoms with Crippen molar-refractivity contribution >= 4 is 35.6 Å². The molecule has 6 nitrogen and oxygen atoms in total. The molecule has 1 aliphatic heterocycles. The number of carbonyl (C=O) groups excluding carboxylic acids is 1. The molecule has 0 spiro atoms. The summed E-state index contributed by atoms with van der Waals surface area (Å²) in [5, 5.41) is 3.29. The predicted octanol–water partition coefficient (Wildman–Crippen LogP) is 3.62. The first-order valence-corrected chi connectivity index (χ1v) is 8.16. The molecule has 3 rings (SSSR count). The first-order valence-electron chi connectivity index (χ1n) is 7.78. The molecule has 1 unspecified atom stereocenters. The lowest BCUT2D eigenvalue weighted by atomic mass is 10.2. The number of hydrogen-bond donors (Lipinski definition) is 2. The van der Waals surface area contributed by atoms with Crippen LogP contribution in [-0.2, 0) is 11.3 Å². The van der Waals surface area contributed by atoms with E-state index in [-0.39, 0.29) is 31.0 Å². The normalized spacial score (nSPS) is 16.3. The molecular formula is C17H20Cl2N2O4. The molecule has 8 heteroatoms. The van der Waals surface area contributed by atoms with Gasteiger partial charge in [0, 0.05) is 11.6 Å². The van der Waals surface area contributed by atoms with Gasteiger partial charge in [-0.15, -0.1) is 12.4 Å². The van der Waals surface area contributed by atoms with E-state index in [1.54, 1.807) is 24.3 Å². The highest BCUT2D eigenvalue weighted by Gasteiger charge is 2.18. The molecule has 1 aromatic carbocycles. The molecule has 1 atom stereocenters. The number of furan rings is 1. The van der Waals surface area contributed by atoms with Crippen LogP contribution in [0.1, 0.15) is 29.0 Å². The Hall–Kier alpha value is -1.73. The highest BCUT2D eigenvalue weighted by Crippen LogP contribution is 2.29. The van der Waals surface area contributed by atoms with Gasteiger partial charge in [0.25, 0.3) is 5.91 Å². The number of rotatable bonds is 6. The minimum absolute atomic E-state index is 0. The fourth-order valence-electron chi connectivity index (χ4n) is 2.49. The largest absolute Gasteiger partial charge is 0.489 e. The van der Waals surface area contributed by atoms with Gasteiger partial charge in [-0.25, -0.2) is 0 Å². The lowest BCUT2D eigenvalue weighted by Crippen LogP contribution is -2.18. The summed E-state index contributed by atoms with van der Waals surface area (Å²) in [5.41, 5.74) is 6.37. The Morgan fingerprint density at radius 1 is 1.40 bits per heavy atom. The van der Waals surface area contributed by atoms with E-state index in [0.717, 1.165) is 19.4 Å². The lowest BCUT2D eigenvalue weighted by Gasteiger charge is -2.15. The molecule has 0 bridgehead atoms. The fourth-order valence-corrected chi connectivity index (χ4v) is 2.66. The van der Waals surface area contributed by atoms with E-state index in [4.69, 9.17) is 31.2 Å². The Kier molecular flexibility index (Phi) is 7.13. The highest BCUT2D eigenvalue weighted by molar-refractivity contribution is 6.31. The molecule has 0 radical (unpaired) electrons. The maximum absolute atomic E-state index is 12.3. The first-order chi connectivity index (χ1) is 11.7. The smallest absolute Gasteiger partial charge is 0.259 e. The Morgan fingerprint density at radius 3 is 2.92 bits per heavy atom. The predicted molar refractivity (Wildman–Crippen MR) is 97.7 cm³/mol. The summed E-state index contributed by atoms with van der Waals surface area (Å²) < 4.78 is 16.5. The monoisotopic (exact) mass is 386 g/mol. The molecule has 2 aromatic rings. The summed E-state index contributed by atoms with van der Waals surface area (Å²) in [6.45, 7) is 1.44. The second-order valence-corrected chi connectivity index (χ2v) is 5.98. The van der Waals surface area contributed by atoms with Crippen molar-refractivity contribution in [2.45, 2.75) is 25.5 Å². The van der Waals surface area contributed by atoms with Crippen LogP contribution in [0.25, 0.3) is 0 Å². The average Bonchev–Trinajstić information content (AvgIpc) is 3.25. The van der Waals surface area contributed by atoms with Gasteiger partial charge in [-0.05, 0) is 37.1 Å². The first kappa shape index (κ1) is 19.6. The maximum Gasteiger partial charge on any atom is 0.259 e. The van der Waals surface area contributed by atoms with Crippen molar-refractivity contribution in [1.29, 1.82) is 0 Å². The summed E-state index contributed by atoms with van der Waals surface area (Å²) in [6, 6.07) is 6.70. The van der Waals surface area contributed by atoms with Crippen molar-refractivity contribution in [2.75, 3.05) is 18.5 Å². The van der Waals surface area contributed by atoms with Crippen LogP contribution in [0.5, 0.6) is 5.75 Å². The van der Waals surface area contributed by atoms with Crippen molar-refractivity contribution in [3.8, 4) is 5.75 Å². The molecule has 1 aliphatic rings. The topological polar surface area (TPSA) is 86.7 Å². The number of hydrogen-bond acceptors (Lipinski definition) is 5. The van der Waals surface area contributed by atoms with E-state index < -0.39 is 0 Å². The summed E-state index contributed by atoms with van der Waals surface area (Å²) in [4.78, 5) is 12.3. The average molecular weight is 387 g/mol. The number of carbonyl (C=O) groups is 1. The second-order valence-electron chi connectivity index (χ2n) is 5.55. The van der Waals surface area contributed by atoms with Gasteiger partial charge >= 0.3 is 0 Å². The zero-order valence-electron chi connectivity index (χ0n) is 13.5. The van der Waals surface area contributed by atoms with Crippen LogP contribution >= 0.6 is 24.0 Å². The van der Waals surface area contributed by atoms with Crippen LogP contribution in [0.2, 0.25) is 5.02 Å². The van der Waals surface area contributed by atoms with E-state index in [9.17, 15) is 4.79 Å². The molecule has 0 aliphatic carbocycles. The van der Waals surface area contributed by atoms with Gasteiger partial charge in [-0.2, -0.15) is 0 Å². The minimum Gasteiger partial charge on any atom is -0.489 e. The quantitative estimate of drug-likeness (QED) is 0.791. The molecule has 3 N–H and O–H groups in total. The Balaban J connectivity index is 0.00000225. The molecule has 136 valence electrons. The molecule has 0 saturated carbocycles. The van der Waals surface area contributed by atoms with Gasteiger partial charge in [0.2, 0.25) is 0 Å². The zero-order chi connectivity index (χ0) is 16.9. The number of benzene rings is 1. The van der Waals surface area contributed by atoms with Crippen LogP contribution in [0.15, 0.2) is 34.9 Å². The van der Waals surface area contributed by atoms with Gasteiger partial charge < -0.3 is 24.9 Å². The third kappa shape index (κ3) is 5.12. The van der Waals surface area contributed by atoms with E-state index in [1.807, 2.05) is 0 Å². The van der Waals surface area contributed by atoms with Crippen molar-refractivity contribution in [1.82, 2.24) is 0 Å². The molecule has 1 amide bonds. The third-order valence-electron chi connectivity index (χ3n) is 3.76. The van der Waals surface area contributed by atoms with Gasteiger partial charge in [0.1, 0.15) is 24.4 Å². The van der Waals surface area contributed by atoms with E-state index in [1.165, 1.54) is 6.26 Å². The maximum atomic E-state index is 12.3. The number of halogens is 2. The summed E-state index contributed by atoms with van der Waals surface area (Å²) in [6.07, 6.45) is 3.48. The van der Waals surface area contributed by atoms with E-state index >= 15 is 0 Å². The summed E-state index contributed by atoms with van der Waals surface area (Å²) >= 11 is 6.03. The molecule has 1 saturated heterocycles.